The molecular formula is C14H22FN3O. The van der Waals surface area contributed by atoms with Crippen LogP contribution in [0, 0.1) is 11.2 Å². The number of hydrogen-bond acceptors (Lipinski definition) is 3. The van der Waals surface area contributed by atoms with Gasteiger partial charge in [0.25, 0.3) is 0 Å². The number of amidine groups is 1. The van der Waals surface area contributed by atoms with Crippen LogP contribution in [0.2, 0.25) is 0 Å². The van der Waals surface area contributed by atoms with Crippen LogP contribution in [0.3, 0.4) is 0 Å². The Labute approximate surface area is 113 Å². The fourth-order valence-electron chi connectivity index (χ4n) is 1.68. The second-order valence-corrected chi connectivity index (χ2v) is 5.77. The van der Waals surface area contributed by atoms with Crippen molar-refractivity contribution in [1.29, 1.82) is 0 Å². The second kappa shape index (κ2) is 6.52. The third kappa shape index (κ3) is 5.26. The second-order valence-electron chi connectivity index (χ2n) is 5.77. The summed E-state index contributed by atoms with van der Waals surface area (Å²) >= 11 is 0. The van der Waals surface area contributed by atoms with Gasteiger partial charge in [0.2, 0.25) is 0 Å². The number of nitrogens with two attached hydrogens (primary N) is 1. The third-order valence-electron chi connectivity index (χ3n) is 2.82. The van der Waals surface area contributed by atoms with Crippen molar-refractivity contribution >= 4 is 5.84 Å². The van der Waals surface area contributed by atoms with E-state index in [9.17, 15) is 4.39 Å². The number of halogens is 1. The molecule has 0 unspecified atom stereocenters. The average molecular weight is 267 g/mol. The van der Waals surface area contributed by atoms with E-state index in [1.165, 1.54) is 12.1 Å². The van der Waals surface area contributed by atoms with Crippen molar-refractivity contribution in [1.82, 2.24) is 5.32 Å². The van der Waals surface area contributed by atoms with Crippen molar-refractivity contribution in [2.75, 3.05) is 6.54 Å². The summed E-state index contributed by atoms with van der Waals surface area (Å²) in [6.07, 6.45) is 1.03. The highest BCUT2D eigenvalue weighted by molar-refractivity contribution is 5.98. The van der Waals surface area contributed by atoms with Crippen LogP contribution in [0.1, 0.15) is 38.3 Å². The number of nitrogens with zero attached hydrogens (tertiary/aromatic N) is 1. The molecule has 0 bridgehead atoms. The zero-order chi connectivity index (χ0) is 14.5. The normalized spacial score (nSPS) is 12.7. The minimum absolute atomic E-state index is 0.0767. The number of oxime groups is 1. The summed E-state index contributed by atoms with van der Waals surface area (Å²) < 4.78 is 13.2. The van der Waals surface area contributed by atoms with Gasteiger partial charge in [0.05, 0.1) is 0 Å². The van der Waals surface area contributed by atoms with Crippen molar-refractivity contribution in [3.63, 3.8) is 0 Å². The van der Waals surface area contributed by atoms with Crippen molar-refractivity contribution < 1.29 is 9.60 Å². The van der Waals surface area contributed by atoms with Gasteiger partial charge < -0.3 is 16.3 Å². The van der Waals surface area contributed by atoms with Gasteiger partial charge in [0.1, 0.15) is 5.82 Å². The Morgan fingerprint density at radius 1 is 1.42 bits per heavy atom. The van der Waals surface area contributed by atoms with Gasteiger partial charge >= 0.3 is 0 Å². The molecule has 0 aliphatic carbocycles. The molecule has 19 heavy (non-hydrogen) atoms. The topological polar surface area (TPSA) is 70.6 Å². The molecule has 0 fully saturated rings. The average Bonchev–Trinajstić information content (AvgIpc) is 2.33. The lowest BCUT2D eigenvalue weighted by atomic mass is 9.92. The van der Waals surface area contributed by atoms with E-state index in [2.05, 4.69) is 31.2 Å². The quantitative estimate of drug-likeness (QED) is 0.252. The van der Waals surface area contributed by atoms with Gasteiger partial charge in [-0.2, -0.15) is 0 Å². The van der Waals surface area contributed by atoms with Crippen LogP contribution in [0.15, 0.2) is 23.4 Å². The number of rotatable bonds is 5. The number of hydrogen-bond donors (Lipinski definition) is 3. The summed E-state index contributed by atoms with van der Waals surface area (Å²) in [5, 5.41) is 14.9. The molecule has 0 atom stereocenters. The summed E-state index contributed by atoms with van der Waals surface area (Å²) in [7, 11) is 0. The summed E-state index contributed by atoms with van der Waals surface area (Å²) in [4.78, 5) is 0. The molecule has 1 aromatic rings. The van der Waals surface area contributed by atoms with Crippen LogP contribution in [-0.4, -0.2) is 17.6 Å². The lowest BCUT2D eigenvalue weighted by Crippen LogP contribution is -2.23. The van der Waals surface area contributed by atoms with Gasteiger partial charge in [-0.3, -0.25) is 0 Å². The lowest BCUT2D eigenvalue weighted by molar-refractivity contribution is 0.318. The van der Waals surface area contributed by atoms with E-state index < -0.39 is 5.82 Å². The van der Waals surface area contributed by atoms with Crippen LogP contribution in [0.25, 0.3) is 0 Å². The molecule has 0 radical (unpaired) electrons. The predicted octanol–water partition coefficient (Wildman–Crippen LogP) is 2.45. The van der Waals surface area contributed by atoms with Crippen molar-refractivity contribution in [3.05, 3.63) is 35.1 Å². The largest absolute Gasteiger partial charge is 0.409 e. The van der Waals surface area contributed by atoms with Crippen molar-refractivity contribution in [2.24, 2.45) is 16.3 Å². The number of nitrogens with one attached hydrogen (secondary N) is 1. The van der Waals surface area contributed by atoms with E-state index in [1.54, 1.807) is 6.07 Å². The fourth-order valence-corrected chi connectivity index (χ4v) is 1.68. The predicted molar refractivity (Wildman–Crippen MR) is 74.7 cm³/mol. The molecular weight excluding hydrogens is 245 g/mol. The standard InChI is InChI=1S/C14H22FN3O/c1-14(2,3)6-7-17-9-10-4-5-11(15)8-12(10)13(16)18-19/h4-5,8,17,19H,6-7,9H2,1-3H3,(H2,16,18). The van der Waals surface area contributed by atoms with Gasteiger partial charge in [-0.1, -0.05) is 32.0 Å². The van der Waals surface area contributed by atoms with Crippen molar-refractivity contribution in [3.8, 4) is 0 Å². The van der Waals surface area contributed by atoms with E-state index in [0.29, 0.717) is 12.1 Å². The highest BCUT2D eigenvalue weighted by Gasteiger charge is 2.11. The molecule has 0 heterocycles. The van der Waals surface area contributed by atoms with Gasteiger partial charge in [-0.25, -0.2) is 4.39 Å². The highest BCUT2D eigenvalue weighted by atomic mass is 19.1. The summed E-state index contributed by atoms with van der Waals surface area (Å²) in [5.74, 6) is -0.479. The highest BCUT2D eigenvalue weighted by Crippen LogP contribution is 2.17. The minimum atomic E-state index is -0.403. The fraction of sp³-hybridized carbons (Fsp3) is 0.500. The maximum absolute atomic E-state index is 13.2. The molecule has 0 amide bonds. The molecule has 4 N–H and O–H groups in total. The molecule has 1 rings (SSSR count). The molecule has 106 valence electrons. The zero-order valence-corrected chi connectivity index (χ0v) is 11.7. The van der Waals surface area contributed by atoms with E-state index in [4.69, 9.17) is 10.9 Å². The minimum Gasteiger partial charge on any atom is -0.409 e. The number of benzene rings is 1. The summed E-state index contributed by atoms with van der Waals surface area (Å²) in [5.41, 5.74) is 7.04. The molecule has 0 spiro atoms. The van der Waals surface area contributed by atoms with Gasteiger partial charge in [0, 0.05) is 12.1 Å². The molecule has 1 aromatic carbocycles. The third-order valence-corrected chi connectivity index (χ3v) is 2.82. The van der Waals surface area contributed by atoms with E-state index >= 15 is 0 Å². The molecule has 0 aliphatic rings. The Hall–Kier alpha value is -1.62. The Morgan fingerprint density at radius 3 is 2.68 bits per heavy atom. The maximum atomic E-state index is 13.2. The molecule has 5 heteroatoms. The van der Waals surface area contributed by atoms with E-state index in [0.717, 1.165) is 18.5 Å². The molecule has 0 aromatic heterocycles. The van der Waals surface area contributed by atoms with Crippen LogP contribution in [0.4, 0.5) is 4.39 Å². The molecule has 0 saturated heterocycles. The maximum Gasteiger partial charge on any atom is 0.170 e. The monoisotopic (exact) mass is 267 g/mol. The van der Waals surface area contributed by atoms with Crippen LogP contribution >= 0.6 is 0 Å². The smallest absolute Gasteiger partial charge is 0.170 e. The van der Waals surface area contributed by atoms with Gasteiger partial charge in [-0.15, -0.1) is 0 Å². The molecule has 0 saturated carbocycles. The Morgan fingerprint density at radius 2 is 2.11 bits per heavy atom. The Kier molecular flexibility index (Phi) is 5.30. The first-order valence-electron chi connectivity index (χ1n) is 6.30. The molecule has 0 aliphatic heterocycles. The first kappa shape index (κ1) is 15.4. The first-order valence-corrected chi connectivity index (χ1v) is 6.30. The van der Waals surface area contributed by atoms with Crippen LogP contribution < -0.4 is 11.1 Å². The van der Waals surface area contributed by atoms with Crippen molar-refractivity contribution in [2.45, 2.75) is 33.7 Å². The Balaban J connectivity index is 2.68. The van der Waals surface area contributed by atoms with Crippen LogP contribution in [-0.2, 0) is 6.54 Å². The Bertz CT molecular complexity index is 452. The van der Waals surface area contributed by atoms with Crippen LogP contribution in [0.5, 0.6) is 0 Å². The summed E-state index contributed by atoms with van der Waals surface area (Å²) in [6.45, 7) is 7.94. The first-order chi connectivity index (χ1) is 8.83. The lowest BCUT2D eigenvalue weighted by Gasteiger charge is -2.18. The van der Waals surface area contributed by atoms with Gasteiger partial charge in [-0.05, 0) is 36.1 Å². The van der Waals surface area contributed by atoms with E-state index in [1.807, 2.05) is 0 Å². The summed E-state index contributed by atoms with van der Waals surface area (Å²) in [6, 6.07) is 4.29. The molecule has 4 nitrogen and oxygen atoms in total. The SMILES string of the molecule is CC(C)(C)CCNCc1ccc(F)cc1/C(N)=N/O. The van der Waals surface area contributed by atoms with Gasteiger partial charge in [0.15, 0.2) is 5.84 Å². The zero-order valence-electron chi connectivity index (χ0n) is 11.7. The van der Waals surface area contributed by atoms with E-state index in [-0.39, 0.29) is 11.3 Å².